The van der Waals surface area contributed by atoms with Gasteiger partial charge in [-0.1, -0.05) is 13.3 Å². The molecular weight excluding hydrogens is 148 g/mol. The van der Waals surface area contributed by atoms with Gasteiger partial charge in [-0.25, -0.2) is 0 Å². The predicted molar refractivity (Wildman–Crippen MR) is 45.3 cm³/mol. The lowest BCUT2D eigenvalue weighted by atomic mass is 10.4. The lowest BCUT2D eigenvalue weighted by Gasteiger charge is -2.05. The van der Waals surface area contributed by atoms with Crippen molar-refractivity contribution in [3.05, 3.63) is 11.8 Å². The molecule has 0 aliphatic carbocycles. The number of hydrogen-bond donors (Lipinski definition) is 0. The second-order valence-corrected chi connectivity index (χ2v) is 2.36. The number of allylic oxidation sites excluding steroid dienone is 2. The summed E-state index contributed by atoms with van der Waals surface area (Å²) in [5.74, 6) is 1.37. The first-order chi connectivity index (χ1) is 4.85. The molecular formula is C8H15ClO. The van der Waals surface area contributed by atoms with Gasteiger partial charge < -0.3 is 4.74 Å². The third-order valence-corrected chi connectivity index (χ3v) is 1.50. The van der Waals surface area contributed by atoms with Gasteiger partial charge in [-0.2, -0.15) is 0 Å². The van der Waals surface area contributed by atoms with E-state index >= 15 is 0 Å². The number of rotatable bonds is 5. The molecule has 0 fully saturated rings. The molecule has 0 aliphatic rings. The Kier molecular flexibility index (Phi) is 6.83. The van der Waals surface area contributed by atoms with Gasteiger partial charge in [0.05, 0.1) is 12.5 Å². The van der Waals surface area contributed by atoms with E-state index in [-0.39, 0.29) is 0 Å². The zero-order chi connectivity index (χ0) is 7.82. The van der Waals surface area contributed by atoms with Crippen molar-refractivity contribution < 1.29 is 4.74 Å². The molecule has 0 unspecified atom stereocenters. The number of halogens is 1. The molecule has 2 heteroatoms. The summed E-state index contributed by atoms with van der Waals surface area (Å²) < 4.78 is 5.31. The Morgan fingerprint density at radius 3 is 2.70 bits per heavy atom. The summed E-state index contributed by atoms with van der Waals surface area (Å²) >= 11 is 5.55. The molecule has 10 heavy (non-hydrogen) atoms. The van der Waals surface area contributed by atoms with Crippen LogP contribution in [0.1, 0.15) is 26.7 Å². The molecule has 0 atom stereocenters. The highest BCUT2D eigenvalue weighted by Crippen LogP contribution is 2.01. The molecule has 0 radical (unpaired) electrons. The van der Waals surface area contributed by atoms with Crippen LogP contribution in [0.25, 0.3) is 0 Å². The van der Waals surface area contributed by atoms with Gasteiger partial charge in [-0.05, 0) is 19.4 Å². The predicted octanol–water partition coefficient (Wildman–Crippen LogP) is 2.95. The summed E-state index contributed by atoms with van der Waals surface area (Å²) in [6, 6.07) is 0. The van der Waals surface area contributed by atoms with Crippen molar-refractivity contribution in [3.8, 4) is 0 Å². The minimum absolute atomic E-state index is 0.486. The third kappa shape index (κ3) is 4.68. The smallest absolute Gasteiger partial charge is 0.106 e. The molecule has 0 amide bonds. The summed E-state index contributed by atoms with van der Waals surface area (Å²) in [6.07, 6.45) is 4.18. The van der Waals surface area contributed by atoms with Crippen LogP contribution >= 0.6 is 11.6 Å². The number of unbranched alkanes of at least 4 members (excludes halogenated alkanes) is 1. The van der Waals surface area contributed by atoms with Crippen LogP contribution in [-0.2, 0) is 4.74 Å². The topological polar surface area (TPSA) is 9.23 Å². The molecule has 0 heterocycles. The second-order valence-electron chi connectivity index (χ2n) is 2.09. The maximum Gasteiger partial charge on any atom is 0.106 e. The van der Waals surface area contributed by atoms with E-state index in [1.165, 1.54) is 6.42 Å². The molecule has 1 nitrogen and oxygen atoms in total. The summed E-state index contributed by atoms with van der Waals surface area (Å²) in [7, 11) is 0. The fraction of sp³-hybridized carbons (Fsp3) is 0.750. The molecule has 0 rings (SSSR count). The van der Waals surface area contributed by atoms with Crippen molar-refractivity contribution in [3.63, 3.8) is 0 Å². The van der Waals surface area contributed by atoms with Crippen LogP contribution in [0.4, 0.5) is 0 Å². The Morgan fingerprint density at radius 2 is 2.30 bits per heavy atom. The van der Waals surface area contributed by atoms with Crippen molar-refractivity contribution >= 4 is 11.6 Å². The summed E-state index contributed by atoms with van der Waals surface area (Å²) in [4.78, 5) is 0. The largest absolute Gasteiger partial charge is 0.497 e. The minimum Gasteiger partial charge on any atom is -0.497 e. The molecule has 0 saturated carbocycles. The molecule has 0 spiro atoms. The van der Waals surface area contributed by atoms with Crippen LogP contribution < -0.4 is 0 Å². The highest BCUT2D eigenvalue weighted by molar-refractivity contribution is 6.19. The summed E-state index contributed by atoms with van der Waals surface area (Å²) in [5, 5.41) is 0. The average molecular weight is 163 g/mol. The average Bonchev–Trinajstić information content (AvgIpc) is 1.99. The van der Waals surface area contributed by atoms with E-state index in [4.69, 9.17) is 16.3 Å². The second kappa shape index (κ2) is 6.94. The fourth-order valence-electron chi connectivity index (χ4n) is 0.547. The Bertz CT molecular complexity index is 99.4. The minimum atomic E-state index is 0.486. The zero-order valence-electron chi connectivity index (χ0n) is 6.69. The SMILES string of the molecule is C/C=C(\CCl)OCCCC. The third-order valence-electron chi connectivity index (χ3n) is 1.24. The van der Waals surface area contributed by atoms with Gasteiger partial charge in [0.25, 0.3) is 0 Å². The Labute approximate surface area is 68.0 Å². The van der Waals surface area contributed by atoms with Crippen molar-refractivity contribution in [2.75, 3.05) is 12.5 Å². The lowest BCUT2D eigenvalue weighted by Crippen LogP contribution is -1.95. The fourth-order valence-corrected chi connectivity index (χ4v) is 0.778. The van der Waals surface area contributed by atoms with Crippen LogP contribution in [0, 0.1) is 0 Å². The molecule has 0 N–H and O–H groups in total. The standard InChI is InChI=1S/C8H15ClO/c1-3-5-6-10-8(4-2)7-9/h4H,3,5-7H2,1-2H3/b8-4+. The van der Waals surface area contributed by atoms with Crippen molar-refractivity contribution in [1.29, 1.82) is 0 Å². The van der Waals surface area contributed by atoms with Gasteiger partial charge in [0.15, 0.2) is 0 Å². The Morgan fingerprint density at radius 1 is 1.60 bits per heavy atom. The van der Waals surface area contributed by atoms with Crippen molar-refractivity contribution in [2.45, 2.75) is 26.7 Å². The maximum atomic E-state index is 5.55. The highest BCUT2D eigenvalue weighted by atomic mass is 35.5. The van der Waals surface area contributed by atoms with Gasteiger partial charge in [0, 0.05) is 0 Å². The summed E-state index contributed by atoms with van der Waals surface area (Å²) in [6.45, 7) is 4.87. The quantitative estimate of drug-likeness (QED) is 0.343. The number of ether oxygens (including phenoxy) is 1. The van der Waals surface area contributed by atoms with E-state index in [0.717, 1.165) is 18.8 Å². The van der Waals surface area contributed by atoms with Crippen molar-refractivity contribution in [2.24, 2.45) is 0 Å². The first-order valence-corrected chi connectivity index (χ1v) is 4.22. The van der Waals surface area contributed by atoms with Crippen molar-refractivity contribution in [1.82, 2.24) is 0 Å². The van der Waals surface area contributed by atoms with Crippen LogP contribution in [-0.4, -0.2) is 12.5 Å². The molecule has 0 aromatic heterocycles. The number of hydrogen-bond acceptors (Lipinski definition) is 1. The first-order valence-electron chi connectivity index (χ1n) is 3.69. The van der Waals surface area contributed by atoms with Crippen LogP contribution in [0.15, 0.2) is 11.8 Å². The first kappa shape index (κ1) is 9.83. The van der Waals surface area contributed by atoms with E-state index in [0.29, 0.717) is 5.88 Å². The van der Waals surface area contributed by atoms with Crippen LogP contribution in [0.3, 0.4) is 0 Å². The van der Waals surface area contributed by atoms with E-state index in [2.05, 4.69) is 6.92 Å². The normalized spacial score (nSPS) is 11.7. The van der Waals surface area contributed by atoms with E-state index < -0.39 is 0 Å². The van der Waals surface area contributed by atoms with Crippen LogP contribution in [0.2, 0.25) is 0 Å². The van der Waals surface area contributed by atoms with Gasteiger partial charge >= 0.3 is 0 Å². The monoisotopic (exact) mass is 162 g/mol. The Balaban J connectivity index is 3.27. The molecule has 0 saturated heterocycles. The van der Waals surface area contributed by atoms with E-state index in [1.807, 2.05) is 13.0 Å². The van der Waals surface area contributed by atoms with E-state index in [1.54, 1.807) is 0 Å². The van der Waals surface area contributed by atoms with Gasteiger partial charge in [-0.3, -0.25) is 0 Å². The zero-order valence-corrected chi connectivity index (χ0v) is 7.45. The highest BCUT2D eigenvalue weighted by Gasteiger charge is 1.91. The van der Waals surface area contributed by atoms with E-state index in [9.17, 15) is 0 Å². The molecule has 0 bridgehead atoms. The Hall–Kier alpha value is -0.170. The van der Waals surface area contributed by atoms with Crippen LogP contribution in [0.5, 0.6) is 0 Å². The van der Waals surface area contributed by atoms with Gasteiger partial charge in [-0.15, -0.1) is 11.6 Å². The molecule has 0 aliphatic heterocycles. The molecule has 0 aromatic rings. The molecule has 60 valence electrons. The maximum absolute atomic E-state index is 5.55. The van der Waals surface area contributed by atoms with Gasteiger partial charge in [0.1, 0.15) is 5.76 Å². The summed E-state index contributed by atoms with van der Waals surface area (Å²) in [5.41, 5.74) is 0. The number of alkyl halides is 1. The molecule has 0 aromatic carbocycles. The lowest BCUT2D eigenvalue weighted by molar-refractivity contribution is 0.210. The van der Waals surface area contributed by atoms with Gasteiger partial charge in [0.2, 0.25) is 0 Å².